The van der Waals surface area contributed by atoms with Gasteiger partial charge in [-0.1, -0.05) is 77.8 Å². The molecule has 0 aliphatic carbocycles. The number of aryl methyl sites for hydroxylation is 1. The van der Waals surface area contributed by atoms with E-state index >= 15 is 0 Å². The van der Waals surface area contributed by atoms with Crippen LogP contribution in [-0.2, 0) is 22.9 Å². The van der Waals surface area contributed by atoms with Crippen molar-refractivity contribution in [1.82, 2.24) is 14.3 Å². The third-order valence-corrected chi connectivity index (χ3v) is 9.29. The number of aliphatic hydroxyl groups is 1. The number of hydrogen-bond acceptors (Lipinski definition) is 4. The van der Waals surface area contributed by atoms with Crippen molar-refractivity contribution in [2.24, 2.45) is 0 Å². The van der Waals surface area contributed by atoms with Crippen LogP contribution < -0.4 is 9.03 Å². The fraction of sp³-hybridized carbons (Fsp3) is 0.0882. The molecular weight excluding hydrogens is 672 g/mol. The van der Waals surface area contributed by atoms with Crippen molar-refractivity contribution in [3.8, 4) is 22.4 Å². The van der Waals surface area contributed by atoms with Crippen LogP contribution in [0.2, 0.25) is 10.0 Å². The number of halogens is 5. The molecule has 1 aliphatic heterocycles. The molecule has 4 aromatic carbocycles. The zero-order valence-corrected chi connectivity index (χ0v) is 26.8. The highest BCUT2D eigenvalue weighted by Crippen LogP contribution is 2.34. The Morgan fingerprint density at radius 3 is 2.36 bits per heavy atom. The van der Waals surface area contributed by atoms with Crippen molar-refractivity contribution >= 4 is 51.3 Å². The van der Waals surface area contributed by atoms with Crippen molar-refractivity contribution in [2.75, 3.05) is 4.31 Å². The molecule has 2 N–H and O–H groups in total. The van der Waals surface area contributed by atoms with Gasteiger partial charge in [-0.25, -0.2) is 14.0 Å². The molecule has 1 aromatic heterocycles. The average molecular weight is 698 g/mol. The number of aliphatic hydroxyl groups excluding tert-OH is 1. The summed E-state index contributed by atoms with van der Waals surface area (Å²) in [5.74, 6) is 0.121. The number of nitrogens with one attached hydrogen (secondary N) is 1. The second kappa shape index (κ2) is 12.5. The number of alkyl halides is 3. The van der Waals surface area contributed by atoms with Gasteiger partial charge in [0.15, 0.2) is 0 Å². The smallest absolute Gasteiger partial charge is 0.416 e. The summed E-state index contributed by atoms with van der Waals surface area (Å²) in [5, 5.41) is 10.6. The maximum absolute atomic E-state index is 13.2. The number of benzene rings is 4. The number of rotatable bonds is 7. The van der Waals surface area contributed by atoms with Gasteiger partial charge in [-0.05, 0) is 77.2 Å². The Balaban J connectivity index is 1.30. The van der Waals surface area contributed by atoms with E-state index in [1.807, 2.05) is 45.8 Å². The Labute approximate surface area is 279 Å². The molecule has 7 nitrogen and oxygen atoms in total. The summed E-state index contributed by atoms with van der Waals surface area (Å²) < 4.78 is 69.3. The van der Waals surface area contributed by atoms with Crippen LogP contribution in [-0.4, -0.2) is 23.1 Å². The van der Waals surface area contributed by atoms with Crippen LogP contribution in [0.3, 0.4) is 0 Å². The van der Waals surface area contributed by atoms with Gasteiger partial charge in [0, 0.05) is 23.3 Å². The van der Waals surface area contributed by atoms with Crippen LogP contribution in [0.25, 0.3) is 34.5 Å². The van der Waals surface area contributed by atoms with Crippen LogP contribution in [0, 0.1) is 6.92 Å². The van der Waals surface area contributed by atoms with Crippen molar-refractivity contribution < 1.29 is 26.7 Å². The third-order valence-electron chi connectivity index (χ3n) is 7.46. The highest BCUT2D eigenvalue weighted by Gasteiger charge is 2.31. The van der Waals surface area contributed by atoms with Crippen molar-refractivity contribution in [2.45, 2.75) is 19.6 Å². The maximum atomic E-state index is 13.2. The molecule has 0 atom stereocenters. The van der Waals surface area contributed by atoms with Crippen LogP contribution >= 0.6 is 23.2 Å². The first-order valence-electron chi connectivity index (χ1n) is 14.1. The highest BCUT2D eigenvalue weighted by molar-refractivity contribution is 7.91. The zero-order chi connectivity index (χ0) is 33.5. The predicted octanol–water partition coefficient (Wildman–Crippen LogP) is 9.08. The van der Waals surface area contributed by atoms with Gasteiger partial charge in [-0.15, -0.1) is 0 Å². The number of anilines is 1. The van der Waals surface area contributed by atoms with Crippen LogP contribution in [0.15, 0.2) is 103 Å². The molecule has 47 heavy (non-hydrogen) atoms. The zero-order valence-electron chi connectivity index (χ0n) is 24.5. The molecule has 240 valence electrons. The molecule has 2 heterocycles. The fourth-order valence-electron chi connectivity index (χ4n) is 5.20. The average Bonchev–Trinajstić information content (AvgIpc) is 3.53. The molecular formula is C34H25Cl2F3N4O3S. The Morgan fingerprint density at radius 1 is 0.936 bits per heavy atom. The van der Waals surface area contributed by atoms with Crippen LogP contribution in [0.4, 0.5) is 18.9 Å². The summed E-state index contributed by atoms with van der Waals surface area (Å²) >= 11 is 12.6. The molecule has 0 radical (unpaired) electrons. The molecule has 0 bridgehead atoms. The van der Waals surface area contributed by atoms with E-state index in [0.29, 0.717) is 56.0 Å². The van der Waals surface area contributed by atoms with E-state index in [1.165, 1.54) is 6.07 Å². The minimum absolute atomic E-state index is 0.375. The summed E-state index contributed by atoms with van der Waals surface area (Å²) in [6.45, 7) is 2.15. The first-order chi connectivity index (χ1) is 22.3. The minimum atomic E-state index is -4.43. The standard InChI is InChI=1S/C34H25Cl2F3N4O3S/c1-21-15-23(7-13-31(21)43-20-33(44)41-47(43,45)46)18-42-19-30(28-12-11-27(35)17-29(28)36)40-32(42)14-8-22-5-9-24(10-6-22)25-3-2-4-26(16-25)34(37,38)39/h2-17,19-20,41,44H,18H2,1H3. The minimum Gasteiger partial charge on any atom is -0.493 e. The Morgan fingerprint density at radius 2 is 1.70 bits per heavy atom. The molecule has 0 unspecified atom stereocenters. The van der Waals surface area contributed by atoms with Gasteiger partial charge in [-0.3, -0.25) is 0 Å². The molecule has 0 amide bonds. The van der Waals surface area contributed by atoms with E-state index in [0.717, 1.165) is 33.8 Å². The van der Waals surface area contributed by atoms with E-state index in [-0.39, 0.29) is 0 Å². The third kappa shape index (κ3) is 7.02. The van der Waals surface area contributed by atoms with Crippen molar-refractivity contribution in [3.05, 3.63) is 141 Å². The molecule has 5 aromatic rings. The molecule has 1 aliphatic rings. The first kappa shape index (κ1) is 32.2. The van der Waals surface area contributed by atoms with E-state index in [4.69, 9.17) is 28.2 Å². The largest absolute Gasteiger partial charge is 0.493 e. The van der Waals surface area contributed by atoms with Gasteiger partial charge < -0.3 is 9.67 Å². The lowest BCUT2D eigenvalue weighted by Crippen LogP contribution is -2.30. The Hall–Kier alpha value is -4.71. The van der Waals surface area contributed by atoms with Gasteiger partial charge in [0.1, 0.15) is 5.82 Å². The lowest BCUT2D eigenvalue weighted by Gasteiger charge is -2.17. The van der Waals surface area contributed by atoms with Gasteiger partial charge in [0.05, 0.1) is 28.2 Å². The van der Waals surface area contributed by atoms with E-state index in [9.17, 15) is 26.7 Å². The van der Waals surface area contributed by atoms with Gasteiger partial charge in [0.2, 0.25) is 5.88 Å². The van der Waals surface area contributed by atoms with Gasteiger partial charge in [-0.2, -0.15) is 21.6 Å². The van der Waals surface area contributed by atoms with E-state index < -0.39 is 27.8 Å². The summed E-state index contributed by atoms with van der Waals surface area (Å²) in [6, 6.07) is 22.8. The summed E-state index contributed by atoms with van der Waals surface area (Å²) in [4.78, 5) is 4.82. The second-order valence-corrected chi connectivity index (χ2v) is 13.2. The predicted molar refractivity (Wildman–Crippen MR) is 179 cm³/mol. The number of nitrogens with zero attached hydrogens (tertiary/aromatic N) is 3. The fourth-order valence-corrected chi connectivity index (χ4v) is 6.82. The summed E-state index contributed by atoms with van der Waals surface area (Å²) in [5.41, 5.74) is 4.40. The number of hydrogen-bond donors (Lipinski definition) is 2. The van der Waals surface area contributed by atoms with Crippen LogP contribution in [0.5, 0.6) is 0 Å². The Bertz CT molecular complexity index is 2160. The highest BCUT2D eigenvalue weighted by atomic mass is 35.5. The lowest BCUT2D eigenvalue weighted by atomic mass is 10.0. The SMILES string of the molecule is Cc1cc(Cn2cc(-c3ccc(Cl)cc3Cl)nc2C=Cc2ccc(-c3cccc(C(F)(F)F)c3)cc2)ccc1N1C=C(O)NS1(=O)=O. The molecule has 0 saturated heterocycles. The number of aromatic nitrogens is 2. The lowest BCUT2D eigenvalue weighted by molar-refractivity contribution is -0.137. The van der Waals surface area contributed by atoms with Crippen molar-refractivity contribution in [3.63, 3.8) is 0 Å². The molecule has 0 spiro atoms. The molecule has 13 heteroatoms. The van der Waals surface area contributed by atoms with Gasteiger partial charge in [0.25, 0.3) is 0 Å². The summed E-state index contributed by atoms with van der Waals surface area (Å²) in [7, 11) is -3.94. The summed E-state index contributed by atoms with van der Waals surface area (Å²) in [6.07, 6.45) is 2.20. The molecule has 0 saturated carbocycles. The maximum Gasteiger partial charge on any atom is 0.416 e. The van der Waals surface area contributed by atoms with Crippen molar-refractivity contribution in [1.29, 1.82) is 0 Å². The van der Waals surface area contributed by atoms with Gasteiger partial charge >= 0.3 is 16.4 Å². The number of imidazole rings is 1. The Kier molecular flexibility index (Phi) is 8.56. The van der Waals surface area contributed by atoms with E-state index in [1.54, 1.807) is 55.5 Å². The van der Waals surface area contributed by atoms with Crippen LogP contribution in [0.1, 0.15) is 28.1 Å². The topological polar surface area (TPSA) is 87.5 Å². The first-order valence-corrected chi connectivity index (χ1v) is 16.3. The normalized spacial score (nSPS) is 14.4. The molecule has 0 fully saturated rings. The quantitative estimate of drug-likeness (QED) is 0.178. The second-order valence-electron chi connectivity index (χ2n) is 10.8. The molecule has 6 rings (SSSR count). The van der Waals surface area contributed by atoms with E-state index in [2.05, 4.69) is 0 Å². The monoisotopic (exact) mass is 696 g/mol.